The lowest BCUT2D eigenvalue weighted by Crippen LogP contribution is -2.39. The molecule has 2 rings (SSSR count). The maximum absolute atomic E-state index is 12.0. The third-order valence-corrected chi connectivity index (χ3v) is 4.00. The average molecular weight is 435 g/mol. The van der Waals surface area contributed by atoms with E-state index >= 15 is 0 Å². The lowest BCUT2D eigenvalue weighted by atomic mass is 10.2. The fourth-order valence-electron chi connectivity index (χ4n) is 2.25. The third-order valence-electron chi connectivity index (χ3n) is 3.51. The molecule has 0 spiro atoms. The first-order valence-electron chi connectivity index (χ1n) is 8.53. The third kappa shape index (κ3) is 6.90. The van der Waals surface area contributed by atoms with E-state index in [0.29, 0.717) is 11.6 Å². The Morgan fingerprint density at radius 2 is 2.00 bits per heavy atom. The summed E-state index contributed by atoms with van der Waals surface area (Å²) in [5.74, 6) is 0.178. The van der Waals surface area contributed by atoms with E-state index in [0.717, 1.165) is 15.6 Å². The zero-order valence-electron chi connectivity index (χ0n) is 15.5. The van der Waals surface area contributed by atoms with Gasteiger partial charge in [-0.3, -0.25) is 4.79 Å². The smallest absolute Gasteiger partial charge is 0.315 e. The largest absolute Gasteiger partial charge is 0.475 e. The average Bonchev–Trinajstić information content (AvgIpc) is 2.61. The van der Waals surface area contributed by atoms with Gasteiger partial charge in [-0.15, -0.1) is 0 Å². The fourth-order valence-corrected chi connectivity index (χ4v) is 2.72. The van der Waals surface area contributed by atoms with E-state index in [1.807, 2.05) is 39.0 Å². The number of pyridine rings is 1. The predicted molar refractivity (Wildman–Crippen MR) is 108 cm³/mol. The van der Waals surface area contributed by atoms with E-state index in [2.05, 4.69) is 36.9 Å². The van der Waals surface area contributed by atoms with Crippen LogP contribution in [0.4, 0.5) is 10.5 Å². The number of amides is 3. The van der Waals surface area contributed by atoms with Crippen LogP contribution < -0.4 is 20.7 Å². The highest BCUT2D eigenvalue weighted by atomic mass is 79.9. The number of carbonyl (C=O) groups is 2. The Morgan fingerprint density at radius 1 is 1.22 bits per heavy atom. The Kier molecular flexibility index (Phi) is 7.60. The Balaban J connectivity index is 1.80. The summed E-state index contributed by atoms with van der Waals surface area (Å²) in [6.45, 7) is 5.82. The summed E-state index contributed by atoms with van der Waals surface area (Å²) in [5, 5.41) is 7.99. The van der Waals surface area contributed by atoms with Crippen molar-refractivity contribution in [1.82, 2.24) is 15.6 Å². The molecule has 144 valence electrons. The molecule has 1 aromatic carbocycles. The van der Waals surface area contributed by atoms with Gasteiger partial charge in [-0.25, -0.2) is 9.78 Å². The number of aromatic nitrogens is 1. The molecule has 2 aromatic rings. The van der Waals surface area contributed by atoms with Crippen molar-refractivity contribution in [1.29, 1.82) is 0 Å². The van der Waals surface area contributed by atoms with Crippen molar-refractivity contribution in [2.24, 2.45) is 0 Å². The lowest BCUT2D eigenvalue weighted by Gasteiger charge is -2.13. The molecule has 3 amide bonds. The molecule has 0 bridgehead atoms. The number of nitrogens with one attached hydrogen (secondary N) is 3. The van der Waals surface area contributed by atoms with E-state index < -0.39 is 6.03 Å². The molecule has 8 heteroatoms. The van der Waals surface area contributed by atoms with Crippen LogP contribution in [0.5, 0.6) is 5.88 Å². The zero-order chi connectivity index (χ0) is 19.8. The molecule has 7 nitrogen and oxygen atoms in total. The van der Waals surface area contributed by atoms with Gasteiger partial charge in [-0.05, 0) is 50.6 Å². The van der Waals surface area contributed by atoms with Crippen LogP contribution in [0.25, 0.3) is 0 Å². The van der Waals surface area contributed by atoms with E-state index in [9.17, 15) is 9.59 Å². The quantitative estimate of drug-likeness (QED) is 0.622. The molecule has 0 radical (unpaired) electrons. The van der Waals surface area contributed by atoms with Gasteiger partial charge < -0.3 is 20.7 Å². The molecule has 0 aliphatic carbocycles. The minimum atomic E-state index is -0.447. The van der Waals surface area contributed by atoms with Crippen LogP contribution in [0.15, 0.2) is 41.0 Å². The van der Waals surface area contributed by atoms with Crippen molar-refractivity contribution in [3.63, 3.8) is 0 Å². The molecule has 0 saturated heterocycles. The van der Waals surface area contributed by atoms with Crippen molar-refractivity contribution in [2.45, 2.75) is 33.4 Å². The molecule has 27 heavy (non-hydrogen) atoms. The van der Waals surface area contributed by atoms with E-state index in [1.165, 1.54) is 0 Å². The van der Waals surface area contributed by atoms with Crippen molar-refractivity contribution >= 4 is 33.6 Å². The number of hydrogen-bond donors (Lipinski definition) is 3. The van der Waals surface area contributed by atoms with Crippen LogP contribution in [-0.2, 0) is 11.3 Å². The Labute approximate surface area is 167 Å². The molecule has 3 N–H and O–H groups in total. The molecular weight excluding hydrogens is 412 g/mol. The summed E-state index contributed by atoms with van der Waals surface area (Å²) in [6.07, 6.45) is 1.62. The van der Waals surface area contributed by atoms with Crippen LogP contribution in [0.1, 0.15) is 25.0 Å². The first kappa shape index (κ1) is 20.7. The number of hydrogen-bond acceptors (Lipinski definition) is 4. The predicted octanol–water partition coefficient (Wildman–Crippen LogP) is 3.38. The second-order valence-electron chi connectivity index (χ2n) is 6.18. The minimum Gasteiger partial charge on any atom is -0.475 e. The topological polar surface area (TPSA) is 92.4 Å². The highest BCUT2D eigenvalue weighted by Crippen LogP contribution is 2.19. The zero-order valence-corrected chi connectivity index (χ0v) is 17.1. The van der Waals surface area contributed by atoms with Crippen molar-refractivity contribution in [2.75, 3.05) is 11.9 Å². The summed E-state index contributed by atoms with van der Waals surface area (Å²) < 4.78 is 6.55. The molecule has 0 aliphatic rings. The van der Waals surface area contributed by atoms with Gasteiger partial charge in [-0.1, -0.05) is 22.0 Å². The van der Waals surface area contributed by atoms with Gasteiger partial charge in [-0.2, -0.15) is 0 Å². The van der Waals surface area contributed by atoms with Gasteiger partial charge in [0.1, 0.15) is 0 Å². The maximum Gasteiger partial charge on any atom is 0.315 e. The van der Waals surface area contributed by atoms with Crippen molar-refractivity contribution < 1.29 is 14.3 Å². The second-order valence-corrected chi connectivity index (χ2v) is 7.09. The number of rotatable bonds is 7. The first-order valence-corrected chi connectivity index (χ1v) is 9.32. The van der Waals surface area contributed by atoms with Gasteiger partial charge in [0.15, 0.2) is 0 Å². The summed E-state index contributed by atoms with van der Waals surface area (Å²) >= 11 is 3.38. The monoisotopic (exact) mass is 434 g/mol. The highest BCUT2D eigenvalue weighted by Gasteiger charge is 2.10. The van der Waals surface area contributed by atoms with Gasteiger partial charge in [0.05, 0.1) is 12.6 Å². The molecule has 0 fully saturated rings. The van der Waals surface area contributed by atoms with Crippen molar-refractivity contribution in [3.05, 3.63) is 52.1 Å². The summed E-state index contributed by atoms with van der Waals surface area (Å²) in [4.78, 5) is 28.1. The molecular formula is C19H23BrN4O3. The van der Waals surface area contributed by atoms with E-state index in [-0.39, 0.29) is 25.1 Å². The number of urea groups is 1. The molecule has 0 aliphatic heterocycles. The Bertz CT molecular complexity index is 811. The number of anilines is 1. The van der Waals surface area contributed by atoms with Crippen molar-refractivity contribution in [3.8, 4) is 5.88 Å². The van der Waals surface area contributed by atoms with Crippen LogP contribution in [0.3, 0.4) is 0 Å². The fraction of sp³-hybridized carbons (Fsp3) is 0.316. The number of benzene rings is 1. The van der Waals surface area contributed by atoms with Gasteiger partial charge in [0, 0.05) is 28.5 Å². The Hall–Kier alpha value is -2.61. The minimum absolute atomic E-state index is 0.0155. The van der Waals surface area contributed by atoms with Gasteiger partial charge in [0.2, 0.25) is 11.8 Å². The number of halogens is 1. The highest BCUT2D eigenvalue weighted by molar-refractivity contribution is 9.10. The number of aryl methyl sites for hydroxylation is 1. The molecule has 0 atom stereocenters. The number of carbonyl (C=O) groups excluding carboxylic acids is 2. The first-order chi connectivity index (χ1) is 12.8. The molecule has 1 heterocycles. The summed E-state index contributed by atoms with van der Waals surface area (Å²) in [7, 11) is 0. The second kappa shape index (κ2) is 9.91. The van der Waals surface area contributed by atoms with Crippen LogP contribution in [-0.4, -0.2) is 29.6 Å². The van der Waals surface area contributed by atoms with Crippen LogP contribution in [0, 0.1) is 6.92 Å². The summed E-state index contributed by atoms with van der Waals surface area (Å²) in [6, 6.07) is 8.70. The number of nitrogens with zero attached hydrogens (tertiary/aromatic N) is 1. The normalized spacial score (nSPS) is 10.4. The van der Waals surface area contributed by atoms with Gasteiger partial charge >= 0.3 is 6.03 Å². The number of ether oxygens (including phenoxy) is 1. The SMILES string of the molecule is Cc1cc(Br)ccc1NC(=O)CNC(=O)NCc1cccnc1OC(C)C. The molecule has 1 aromatic heterocycles. The molecule has 0 unspecified atom stereocenters. The maximum atomic E-state index is 12.0. The summed E-state index contributed by atoms with van der Waals surface area (Å²) in [5.41, 5.74) is 2.39. The van der Waals surface area contributed by atoms with Gasteiger partial charge in [0.25, 0.3) is 0 Å². The Morgan fingerprint density at radius 3 is 2.70 bits per heavy atom. The van der Waals surface area contributed by atoms with E-state index in [1.54, 1.807) is 18.3 Å². The van der Waals surface area contributed by atoms with Crippen LogP contribution >= 0.6 is 15.9 Å². The van der Waals surface area contributed by atoms with E-state index in [4.69, 9.17) is 4.74 Å². The standard InChI is InChI=1S/C19H23BrN4O3/c1-12(2)27-18-14(5-4-8-21-18)10-22-19(26)23-11-17(25)24-16-7-6-15(20)9-13(16)3/h4-9,12H,10-11H2,1-3H3,(H,24,25)(H2,22,23,26). The lowest BCUT2D eigenvalue weighted by molar-refractivity contribution is -0.115. The molecule has 0 saturated carbocycles. The van der Waals surface area contributed by atoms with Crippen LogP contribution in [0.2, 0.25) is 0 Å².